The maximum atomic E-state index is 6.54. The Labute approximate surface area is 194 Å². The number of aromatic nitrogens is 3. The zero-order chi connectivity index (χ0) is 21.6. The maximum absolute atomic E-state index is 6.54. The van der Waals surface area contributed by atoms with Crippen LogP contribution in [0.15, 0.2) is 57.6 Å². The van der Waals surface area contributed by atoms with E-state index in [9.17, 15) is 0 Å². The zero-order valence-corrected chi connectivity index (χ0v) is 20.1. The first-order chi connectivity index (χ1) is 14.1. The van der Waals surface area contributed by atoms with Crippen molar-refractivity contribution in [1.82, 2.24) is 14.5 Å². The van der Waals surface area contributed by atoms with Crippen molar-refractivity contribution in [3.05, 3.63) is 74.6 Å². The second kappa shape index (κ2) is 7.88. The van der Waals surface area contributed by atoms with Crippen LogP contribution in [-0.2, 0) is 5.41 Å². The van der Waals surface area contributed by atoms with Crippen LogP contribution in [0, 0.1) is 6.92 Å². The van der Waals surface area contributed by atoms with E-state index in [-0.39, 0.29) is 5.41 Å². The van der Waals surface area contributed by atoms with Crippen LogP contribution in [0.1, 0.15) is 32.2 Å². The number of rotatable bonds is 3. The molecule has 154 valence electrons. The average molecular weight is 505 g/mol. The molecule has 4 aromatic rings. The fourth-order valence-corrected chi connectivity index (χ4v) is 3.95. The van der Waals surface area contributed by atoms with Crippen LogP contribution in [0.3, 0.4) is 0 Å². The molecule has 0 spiro atoms. The summed E-state index contributed by atoms with van der Waals surface area (Å²) < 4.78 is 9.13. The Bertz CT molecular complexity index is 1220. The van der Waals surface area contributed by atoms with Gasteiger partial charge in [0.2, 0.25) is 5.89 Å². The number of oxazole rings is 1. The van der Waals surface area contributed by atoms with E-state index in [1.54, 1.807) is 18.3 Å². The van der Waals surface area contributed by atoms with E-state index >= 15 is 0 Å². The van der Waals surface area contributed by atoms with Crippen LogP contribution in [-0.4, -0.2) is 14.5 Å². The van der Waals surface area contributed by atoms with Gasteiger partial charge >= 0.3 is 0 Å². The summed E-state index contributed by atoms with van der Waals surface area (Å²) in [6, 6.07) is 13.4. The van der Waals surface area contributed by atoms with Gasteiger partial charge in [0, 0.05) is 26.2 Å². The maximum Gasteiger partial charge on any atom is 0.247 e. The number of hydrogen-bond acceptors (Lipinski definition) is 3. The second-order valence-electron chi connectivity index (χ2n) is 8.09. The average Bonchev–Trinajstić information content (AvgIpc) is 3.28. The summed E-state index contributed by atoms with van der Waals surface area (Å²) in [6.07, 6.45) is 1.77. The third-order valence-corrected chi connectivity index (χ3v) is 5.89. The summed E-state index contributed by atoms with van der Waals surface area (Å²) in [5.41, 5.74) is 3.17. The molecule has 2 aromatic carbocycles. The monoisotopic (exact) mass is 503 g/mol. The highest BCUT2D eigenvalue weighted by molar-refractivity contribution is 9.10. The first kappa shape index (κ1) is 21.2. The molecule has 0 fully saturated rings. The van der Waals surface area contributed by atoms with Gasteiger partial charge in [-0.25, -0.2) is 9.97 Å². The number of halogens is 3. The minimum Gasteiger partial charge on any atom is -0.439 e. The fraction of sp³-hybridized carbons (Fsp3) is 0.217. The molecule has 0 aliphatic heterocycles. The molecule has 2 heterocycles. The topological polar surface area (TPSA) is 43.9 Å². The minimum atomic E-state index is -0.143. The van der Waals surface area contributed by atoms with Gasteiger partial charge in [0.15, 0.2) is 0 Å². The van der Waals surface area contributed by atoms with E-state index < -0.39 is 0 Å². The van der Waals surface area contributed by atoms with Crippen LogP contribution < -0.4 is 0 Å². The van der Waals surface area contributed by atoms with Crippen molar-refractivity contribution >= 4 is 39.1 Å². The lowest BCUT2D eigenvalue weighted by Gasteiger charge is -2.13. The molecule has 0 saturated carbocycles. The van der Waals surface area contributed by atoms with Crippen molar-refractivity contribution in [2.24, 2.45) is 0 Å². The molecule has 0 amide bonds. The molecule has 2 aromatic heterocycles. The van der Waals surface area contributed by atoms with Crippen LogP contribution in [0.5, 0.6) is 0 Å². The largest absolute Gasteiger partial charge is 0.439 e. The van der Waals surface area contributed by atoms with E-state index in [1.807, 2.05) is 37.3 Å². The molecule has 0 saturated heterocycles. The van der Waals surface area contributed by atoms with E-state index in [4.69, 9.17) is 32.6 Å². The highest BCUT2D eigenvalue weighted by atomic mass is 79.9. The highest BCUT2D eigenvalue weighted by Crippen LogP contribution is 2.36. The Morgan fingerprint density at radius 2 is 1.73 bits per heavy atom. The van der Waals surface area contributed by atoms with Crippen molar-refractivity contribution in [1.29, 1.82) is 0 Å². The Balaban J connectivity index is 1.95. The number of hydrogen-bond donors (Lipinski definition) is 0. The fourth-order valence-electron chi connectivity index (χ4n) is 3.19. The summed E-state index contributed by atoms with van der Waals surface area (Å²) in [6.45, 7) is 8.26. The standard InChI is InChI=1S/C23H20BrCl2N3O/c1-13-20(22-27-12-19(30-22)23(2,3)4)28-21(17-10-7-15(25)11-18(17)26)29(13)16-8-5-14(24)6-9-16/h5-12H,1-4H3. The first-order valence-electron chi connectivity index (χ1n) is 9.42. The molecule has 0 unspecified atom stereocenters. The number of imidazole rings is 1. The van der Waals surface area contributed by atoms with Crippen molar-refractivity contribution in [3.8, 4) is 28.7 Å². The molecule has 0 atom stereocenters. The second-order valence-corrected chi connectivity index (χ2v) is 9.84. The van der Waals surface area contributed by atoms with Gasteiger partial charge in [-0.15, -0.1) is 0 Å². The molecule has 0 bridgehead atoms. The Morgan fingerprint density at radius 1 is 1.03 bits per heavy atom. The summed E-state index contributed by atoms with van der Waals surface area (Å²) in [5.74, 6) is 1.99. The lowest BCUT2D eigenvalue weighted by Crippen LogP contribution is -2.09. The molecular weight excluding hydrogens is 485 g/mol. The smallest absolute Gasteiger partial charge is 0.247 e. The van der Waals surface area contributed by atoms with Gasteiger partial charge in [-0.2, -0.15) is 0 Å². The molecule has 30 heavy (non-hydrogen) atoms. The minimum absolute atomic E-state index is 0.143. The van der Waals surface area contributed by atoms with E-state index in [2.05, 4.69) is 46.3 Å². The molecule has 0 aliphatic rings. The van der Waals surface area contributed by atoms with Crippen molar-refractivity contribution < 1.29 is 4.42 Å². The zero-order valence-electron chi connectivity index (χ0n) is 17.0. The summed E-state index contributed by atoms with van der Waals surface area (Å²) in [7, 11) is 0. The van der Waals surface area contributed by atoms with Gasteiger partial charge in [-0.1, -0.05) is 59.9 Å². The molecular formula is C23H20BrCl2N3O. The van der Waals surface area contributed by atoms with Gasteiger partial charge in [0.25, 0.3) is 0 Å². The molecule has 4 nitrogen and oxygen atoms in total. The molecule has 4 rings (SSSR count). The molecule has 0 aliphatic carbocycles. The normalized spacial score (nSPS) is 11.8. The Hall–Kier alpha value is -2.08. The van der Waals surface area contributed by atoms with E-state index in [0.717, 1.165) is 27.2 Å². The third-order valence-electron chi connectivity index (χ3n) is 4.81. The van der Waals surface area contributed by atoms with Gasteiger partial charge in [-0.05, 0) is 49.4 Å². The predicted molar refractivity (Wildman–Crippen MR) is 126 cm³/mol. The lowest BCUT2D eigenvalue weighted by molar-refractivity contribution is 0.415. The Morgan fingerprint density at radius 3 is 2.33 bits per heavy atom. The van der Waals surface area contributed by atoms with E-state index in [0.29, 0.717) is 27.5 Å². The summed E-state index contributed by atoms with van der Waals surface area (Å²) in [5, 5.41) is 1.10. The van der Waals surface area contributed by atoms with Crippen LogP contribution in [0.4, 0.5) is 0 Å². The molecule has 0 N–H and O–H groups in total. The summed E-state index contributed by atoms with van der Waals surface area (Å²) >= 11 is 16.1. The van der Waals surface area contributed by atoms with Crippen molar-refractivity contribution in [2.45, 2.75) is 33.1 Å². The Kier molecular flexibility index (Phi) is 5.56. The van der Waals surface area contributed by atoms with Gasteiger partial charge in [0.05, 0.1) is 16.9 Å². The highest BCUT2D eigenvalue weighted by Gasteiger charge is 2.25. The van der Waals surface area contributed by atoms with Gasteiger partial charge in [0.1, 0.15) is 17.3 Å². The predicted octanol–water partition coefficient (Wildman–Crippen LogP) is 7.87. The summed E-state index contributed by atoms with van der Waals surface area (Å²) in [4.78, 5) is 9.40. The van der Waals surface area contributed by atoms with Crippen LogP contribution in [0.2, 0.25) is 10.0 Å². The van der Waals surface area contributed by atoms with E-state index in [1.165, 1.54) is 0 Å². The number of benzene rings is 2. The SMILES string of the molecule is Cc1c(-c2ncc(C(C)(C)C)o2)nc(-c2ccc(Cl)cc2Cl)n1-c1ccc(Br)cc1. The molecule has 7 heteroatoms. The van der Waals surface area contributed by atoms with Gasteiger partial charge in [-0.3, -0.25) is 4.57 Å². The van der Waals surface area contributed by atoms with Gasteiger partial charge < -0.3 is 4.42 Å². The number of nitrogens with zero attached hydrogens (tertiary/aromatic N) is 3. The lowest BCUT2D eigenvalue weighted by atomic mass is 9.94. The van der Waals surface area contributed by atoms with Crippen molar-refractivity contribution in [2.75, 3.05) is 0 Å². The third kappa shape index (κ3) is 3.94. The van der Waals surface area contributed by atoms with Crippen molar-refractivity contribution in [3.63, 3.8) is 0 Å². The molecule has 0 radical (unpaired) electrons. The quantitative estimate of drug-likeness (QED) is 0.285. The first-order valence-corrected chi connectivity index (χ1v) is 11.0. The van der Waals surface area contributed by atoms with Crippen LogP contribution >= 0.6 is 39.1 Å². The van der Waals surface area contributed by atoms with Crippen LogP contribution in [0.25, 0.3) is 28.7 Å².